The van der Waals surface area contributed by atoms with Crippen LogP contribution in [0.15, 0.2) is 24.3 Å². The van der Waals surface area contributed by atoms with Gasteiger partial charge < -0.3 is 9.67 Å². The fourth-order valence-electron chi connectivity index (χ4n) is 9.75. The minimum Gasteiger partial charge on any atom is -0.480 e. The summed E-state index contributed by atoms with van der Waals surface area (Å²) in [6.07, 6.45) is 20.3. The molecule has 6 heteroatoms. The van der Waals surface area contributed by atoms with Crippen molar-refractivity contribution < 1.29 is 9.90 Å². The zero-order chi connectivity index (χ0) is 26.3. The molecule has 6 nitrogen and oxygen atoms in total. The summed E-state index contributed by atoms with van der Waals surface area (Å²) in [7, 11) is 0. The number of piperidine rings is 3. The van der Waals surface area contributed by atoms with Gasteiger partial charge in [-0.2, -0.15) is 0 Å². The average Bonchev–Trinajstić information content (AvgIpc) is 3.19. The first-order chi connectivity index (χ1) is 19.1. The monoisotopic (exact) mass is 532 g/mol. The maximum Gasteiger partial charge on any atom is 0.317 e. The molecule has 0 amide bonds. The summed E-state index contributed by atoms with van der Waals surface area (Å²) < 4.78 is 2.68. The Morgan fingerprint density at radius 2 is 1.49 bits per heavy atom. The van der Waals surface area contributed by atoms with Crippen molar-refractivity contribution in [3.8, 4) is 0 Å². The topological polar surface area (TPSA) is 61.6 Å². The molecule has 39 heavy (non-hydrogen) atoms. The number of carboxylic acid groups (broad SMARTS) is 1. The number of hydrogen-bond acceptors (Lipinski definition) is 4. The van der Waals surface area contributed by atoms with Crippen molar-refractivity contribution in [3.63, 3.8) is 0 Å². The molecule has 2 saturated carbocycles. The van der Waals surface area contributed by atoms with Crippen molar-refractivity contribution in [2.45, 2.75) is 120 Å². The Labute approximate surface area is 234 Å². The molecule has 3 saturated heterocycles. The van der Waals surface area contributed by atoms with Gasteiger partial charge in [0, 0.05) is 30.6 Å². The molecule has 0 radical (unpaired) electrons. The lowest BCUT2D eigenvalue weighted by Crippen LogP contribution is -2.58. The summed E-state index contributed by atoms with van der Waals surface area (Å²) in [4.78, 5) is 21.6. The molecule has 2 aromatic rings. The molecular formula is C33H48N4O2. The van der Waals surface area contributed by atoms with Gasteiger partial charge in [-0.3, -0.25) is 14.6 Å². The summed E-state index contributed by atoms with van der Waals surface area (Å²) >= 11 is 0. The van der Waals surface area contributed by atoms with E-state index in [0.29, 0.717) is 12.0 Å². The summed E-state index contributed by atoms with van der Waals surface area (Å²) in [6.45, 7) is 1.96. The van der Waals surface area contributed by atoms with E-state index in [1.807, 2.05) is 0 Å². The highest BCUT2D eigenvalue weighted by molar-refractivity contribution is 5.76. The van der Waals surface area contributed by atoms with Gasteiger partial charge in [0.05, 0.1) is 17.6 Å². The first kappa shape index (κ1) is 26.0. The van der Waals surface area contributed by atoms with Crippen molar-refractivity contribution in [3.05, 3.63) is 30.1 Å². The lowest BCUT2D eigenvalue weighted by Gasteiger charge is -2.54. The van der Waals surface area contributed by atoms with E-state index in [1.54, 1.807) is 0 Å². The molecular weight excluding hydrogens is 484 g/mol. The van der Waals surface area contributed by atoms with E-state index < -0.39 is 5.97 Å². The third kappa shape index (κ3) is 5.40. The highest BCUT2D eigenvalue weighted by Gasteiger charge is 2.45. The van der Waals surface area contributed by atoms with Crippen molar-refractivity contribution in [1.82, 2.24) is 19.4 Å². The fraction of sp³-hybridized carbons (Fsp3) is 0.758. The minimum absolute atomic E-state index is 0.176. The molecule has 6 atom stereocenters. The second kappa shape index (κ2) is 11.2. The van der Waals surface area contributed by atoms with Crippen LogP contribution in [0, 0.1) is 17.8 Å². The number of nitrogens with zero attached hydrogens (tertiary/aromatic N) is 4. The first-order valence-corrected chi connectivity index (χ1v) is 16.3. The second-order valence-corrected chi connectivity index (χ2v) is 13.9. The second-order valence-electron chi connectivity index (χ2n) is 13.9. The van der Waals surface area contributed by atoms with Gasteiger partial charge in [-0.15, -0.1) is 0 Å². The Morgan fingerprint density at radius 1 is 0.795 bits per heavy atom. The number of hydrogen-bond donors (Lipinski definition) is 1. The van der Waals surface area contributed by atoms with Gasteiger partial charge in [0.1, 0.15) is 5.82 Å². The van der Waals surface area contributed by atoms with Crippen LogP contribution < -0.4 is 0 Å². The highest BCUT2D eigenvalue weighted by Crippen LogP contribution is 2.47. The number of rotatable bonds is 6. The van der Waals surface area contributed by atoms with Gasteiger partial charge in [0.25, 0.3) is 0 Å². The van der Waals surface area contributed by atoms with Crippen LogP contribution in [0.2, 0.25) is 0 Å². The number of benzene rings is 1. The smallest absolute Gasteiger partial charge is 0.317 e. The largest absolute Gasteiger partial charge is 0.480 e. The number of carboxylic acids is 1. The molecule has 0 unspecified atom stereocenters. The minimum atomic E-state index is -0.709. The van der Waals surface area contributed by atoms with E-state index >= 15 is 0 Å². The molecule has 3 aliphatic heterocycles. The average molecular weight is 533 g/mol. The van der Waals surface area contributed by atoms with E-state index in [1.165, 1.54) is 88.4 Å². The third-order valence-corrected chi connectivity index (χ3v) is 11.4. The van der Waals surface area contributed by atoms with Crippen LogP contribution in [-0.4, -0.2) is 68.2 Å². The van der Waals surface area contributed by atoms with E-state index in [2.05, 4.69) is 38.6 Å². The number of aromatic nitrogens is 2. The number of imidazole rings is 1. The molecule has 1 aromatic carbocycles. The van der Waals surface area contributed by atoms with E-state index in [4.69, 9.17) is 4.98 Å². The van der Waals surface area contributed by atoms with Gasteiger partial charge in [0.15, 0.2) is 0 Å². The van der Waals surface area contributed by atoms with Gasteiger partial charge in [-0.1, -0.05) is 44.2 Å². The summed E-state index contributed by atoms with van der Waals surface area (Å²) in [5, 5.41) is 9.19. The number of carbonyl (C=O) groups is 1. The quantitative estimate of drug-likeness (QED) is 0.474. The predicted octanol–water partition coefficient (Wildman–Crippen LogP) is 6.29. The van der Waals surface area contributed by atoms with E-state index in [9.17, 15) is 9.90 Å². The first-order valence-electron chi connectivity index (χ1n) is 16.3. The molecule has 4 heterocycles. The molecule has 1 aromatic heterocycles. The zero-order valence-electron chi connectivity index (χ0n) is 23.7. The molecule has 1 N–H and O–H groups in total. The van der Waals surface area contributed by atoms with Crippen LogP contribution in [0.4, 0.5) is 0 Å². The van der Waals surface area contributed by atoms with Gasteiger partial charge in [-0.25, -0.2) is 4.98 Å². The van der Waals surface area contributed by atoms with E-state index in [0.717, 1.165) is 67.8 Å². The molecule has 2 aliphatic carbocycles. The van der Waals surface area contributed by atoms with Crippen LogP contribution in [0.25, 0.3) is 11.0 Å². The molecule has 212 valence electrons. The van der Waals surface area contributed by atoms with Crippen molar-refractivity contribution >= 4 is 17.0 Å². The van der Waals surface area contributed by atoms with Gasteiger partial charge in [0.2, 0.25) is 0 Å². The van der Waals surface area contributed by atoms with Crippen molar-refractivity contribution in [1.29, 1.82) is 0 Å². The van der Waals surface area contributed by atoms with Crippen LogP contribution in [-0.2, 0) is 11.2 Å². The molecule has 4 bridgehead atoms. The number of para-hydroxylation sites is 2. The molecule has 5 aliphatic rings. The lowest BCUT2D eigenvalue weighted by atomic mass is 9.73. The Morgan fingerprint density at radius 3 is 2.18 bits per heavy atom. The number of aliphatic carboxylic acids is 1. The Kier molecular flexibility index (Phi) is 7.44. The van der Waals surface area contributed by atoms with Crippen LogP contribution in [0.3, 0.4) is 0 Å². The SMILES string of the molecule is O=C(O)CN1CCC(Cc2nc3ccccc3n2[C@@H]2C[C@H]3CCC[C@@H](C2)N3[C@@H]2C[C@@H]3CCCC[C@@H](C3)C2)CC1. The van der Waals surface area contributed by atoms with Gasteiger partial charge in [-0.05, 0) is 101 Å². The van der Waals surface area contributed by atoms with Crippen molar-refractivity contribution in [2.24, 2.45) is 17.8 Å². The summed E-state index contributed by atoms with van der Waals surface area (Å²) in [5.74, 6) is 3.14. The van der Waals surface area contributed by atoms with Gasteiger partial charge >= 0.3 is 5.97 Å². The number of likely N-dealkylation sites (tertiary alicyclic amines) is 1. The zero-order valence-corrected chi connectivity index (χ0v) is 23.7. The summed E-state index contributed by atoms with van der Waals surface area (Å²) in [6, 6.07) is 11.7. The maximum atomic E-state index is 11.2. The number of fused-ring (bicyclic) bond motifs is 5. The summed E-state index contributed by atoms with van der Waals surface area (Å²) in [5.41, 5.74) is 2.48. The standard InChI is InChI=1S/C33H48N4O2/c38-33(39)22-35-14-12-23(13-15-35)19-32-34-30-10-3-4-11-31(30)37(32)29-20-26-8-5-9-27(21-29)36(26)28-17-24-6-1-2-7-25(16-24)18-28/h3-4,10-11,23-29H,1-2,5-9,12-22H2,(H,38,39)/t24-,25+,26-,27+,28-,29-. The maximum absolute atomic E-state index is 11.2. The van der Waals surface area contributed by atoms with Crippen LogP contribution in [0.5, 0.6) is 0 Å². The normalized spacial score (nSPS) is 34.7. The third-order valence-electron chi connectivity index (χ3n) is 11.4. The van der Waals surface area contributed by atoms with Crippen molar-refractivity contribution in [2.75, 3.05) is 19.6 Å². The van der Waals surface area contributed by atoms with Crippen LogP contribution in [0.1, 0.15) is 102 Å². The Bertz CT molecular complexity index is 1130. The highest BCUT2D eigenvalue weighted by atomic mass is 16.4. The fourth-order valence-corrected chi connectivity index (χ4v) is 9.75. The molecule has 5 fully saturated rings. The van der Waals surface area contributed by atoms with Crippen LogP contribution >= 0.6 is 0 Å². The predicted molar refractivity (Wildman–Crippen MR) is 155 cm³/mol. The Balaban J connectivity index is 1.11. The lowest BCUT2D eigenvalue weighted by molar-refractivity contribution is -0.138. The Hall–Kier alpha value is -1.92. The molecule has 7 rings (SSSR count). The molecule has 0 spiro atoms. The van der Waals surface area contributed by atoms with E-state index in [-0.39, 0.29) is 6.54 Å².